The van der Waals surface area contributed by atoms with Crippen molar-refractivity contribution in [1.29, 1.82) is 5.26 Å². The van der Waals surface area contributed by atoms with Crippen LogP contribution >= 0.6 is 11.8 Å². The molecule has 0 bridgehead atoms. The Balaban J connectivity index is 1.37. The molecular formula is C26H26N4O2S. The van der Waals surface area contributed by atoms with Crippen molar-refractivity contribution < 1.29 is 9.53 Å². The van der Waals surface area contributed by atoms with E-state index in [2.05, 4.69) is 40.6 Å². The van der Waals surface area contributed by atoms with E-state index in [9.17, 15) is 10.1 Å². The van der Waals surface area contributed by atoms with Gasteiger partial charge in [0.2, 0.25) is 5.91 Å². The van der Waals surface area contributed by atoms with Gasteiger partial charge >= 0.3 is 0 Å². The molecular weight excluding hydrogens is 432 g/mol. The smallest absolute Gasteiger partial charge is 0.234 e. The lowest BCUT2D eigenvalue weighted by Crippen LogP contribution is -2.31. The molecule has 0 spiro atoms. The fraction of sp³-hybridized carbons (Fsp3) is 0.269. The van der Waals surface area contributed by atoms with Crippen molar-refractivity contribution in [3.05, 3.63) is 83.0 Å². The highest BCUT2D eigenvalue weighted by Gasteiger charge is 2.21. The van der Waals surface area contributed by atoms with Gasteiger partial charge in [0, 0.05) is 37.4 Å². The number of carbonyl (C=O) groups is 1. The van der Waals surface area contributed by atoms with Gasteiger partial charge in [-0.25, -0.2) is 4.98 Å². The molecule has 6 nitrogen and oxygen atoms in total. The van der Waals surface area contributed by atoms with Crippen molar-refractivity contribution in [2.75, 3.05) is 24.2 Å². The SMILES string of the molecule is CCOc1ccc(NC(=O)CSc2nc3c(cc2C#N)CN(Cc2ccccc2)CC3)cc1. The average Bonchev–Trinajstić information content (AvgIpc) is 2.84. The first-order chi connectivity index (χ1) is 16.1. The minimum absolute atomic E-state index is 0.137. The largest absolute Gasteiger partial charge is 0.494 e. The quantitative estimate of drug-likeness (QED) is 0.496. The fourth-order valence-electron chi connectivity index (χ4n) is 3.81. The number of hydrogen-bond acceptors (Lipinski definition) is 6. The van der Waals surface area contributed by atoms with Gasteiger partial charge in [0.25, 0.3) is 0 Å². The molecule has 2 heterocycles. The Morgan fingerprint density at radius 2 is 2.00 bits per heavy atom. The third kappa shape index (κ3) is 6.13. The maximum Gasteiger partial charge on any atom is 0.234 e. The van der Waals surface area contributed by atoms with E-state index in [1.807, 2.05) is 43.3 Å². The summed E-state index contributed by atoms with van der Waals surface area (Å²) >= 11 is 1.30. The molecule has 4 rings (SSSR count). The number of pyridine rings is 1. The molecule has 0 fully saturated rings. The number of aromatic nitrogens is 1. The normalized spacial score (nSPS) is 13.1. The molecule has 0 radical (unpaired) electrons. The molecule has 1 aliphatic rings. The van der Waals surface area contributed by atoms with E-state index >= 15 is 0 Å². The van der Waals surface area contributed by atoms with Crippen LogP contribution in [0.5, 0.6) is 5.75 Å². The summed E-state index contributed by atoms with van der Waals surface area (Å²) in [6.07, 6.45) is 0.833. The summed E-state index contributed by atoms with van der Waals surface area (Å²) in [5.41, 5.74) is 4.63. The topological polar surface area (TPSA) is 78.2 Å². The summed E-state index contributed by atoms with van der Waals surface area (Å²) in [5, 5.41) is 13.2. The highest BCUT2D eigenvalue weighted by atomic mass is 32.2. The fourth-order valence-corrected chi connectivity index (χ4v) is 4.58. The number of ether oxygens (including phenoxy) is 1. The summed E-state index contributed by atoms with van der Waals surface area (Å²) in [4.78, 5) is 19.5. The van der Waals surface area contributed by atoms with E-state index in [-0.39, 0.29) is 11.7 Å². The van der Waals surface area contributed by atoms with Crippen molar-refractivity contribution in [3.63, 3.8) is 0 Å². The second kappa shape index (κ2) is 11.0. The molecule has 0 atom stereocenters. The van der Waals surface area contributed by atoms with Gasteiger partial charge in [0.05, 0.1) is 17.9 Å². The minimum Gasteiger partial charge on any atom is -0.494 e. The van der Waals surface area contributed by atoms with E-state index in [0.717, 1.165) is 43.1 Å². The molecule has 7 heteroatoms. The van der Waals surface area contributed by atoms with Gasteiger partial charge in [0.15, 0.2) is 0 Å². The van der Waals surface area contributed by atoms with E-state index in [0.29, 0.717) is 22.9 Å². The Kier molecular flexibility index (Phi) is 7.61. The van der Waals surface area contributed by atoms with Crippen LogP contribution in [0.4, 0.5) is 5.69 Å². The Labute approximate surface area is 198 Å². The van der Waals surface area contributed by atoms with Gasteiger partial charge in [0.1, 0.15) is 16.8 Å². The molecule has 0 saturated heterocycles. The van der Waals surface area contributed by atoms with Crippen molar-refractivity contribution >= 4 is 23.4 Å². The molecule has 2 aromatic carbocycles. The van der Waals surface area contributed by atoms with Gasteiger partial charge in [-0.3, -0.25) is 9.69 Å². The summed E-state index contributed by atoms with van der Waals surface area (Å²) in [6.45, 7) is 5.10. The number of nitriles is 1. The number of fused-ring (bicyclic) bond motifs is 1. The lowest BCUT2D eigenvalue weighted by atomic mass is 10.0. The summed E-state index contributed by atoms with van der Waals surface area (Å²) in [6, 6.07) is 21.9. The number of anilines is 1. The lowest BCUT2D eigenvalue weighted by Gasteiger charge is -2.28. The number of carbonyl (C=O) groups excluding carboxylic acids is 1. The minimum atomic E-state index is -0.137. The molecule has 0 aliphatic carbocycles. The zero-order valence-corrected chi connectivity index (χ0v) is 19.4. The van der Waals surface area contributed by atoms with Crippen LogP contribution in [0, 0.1) is 11.3 Å². The highest BCUT2D eigenvalue weighted by molar-refractivity contribution is 8.00. The van der Waals surface area contributed by atoms with Crippen LogP contribution in [-0.4, -0.2) is 34.7 Å². The molecule has 1 aliphatic heterocycles. The first-order valence-corrected chi connectivity index (χ1v) is 12.0. The molecule has 168 valence electrons. The van der Waals surface area contributed by atoms with Crippen molar-refractivity contribution in [1.82, 2.24) is 9.88 Å². The Bertz CT molecular complexity index is 1140. The van der Waals surface area contributed by atoms with Crippen LogP contribution in [0.1, 0.15) is 29.3 Å². The number of nitrogens with zero attached hydrogens (tertiary/aromatic N) is 3. The van der Waals surface area contributed by atoms with Gasteiger partial charge in [-0.1, -0.05) is 42.1 Å². The van der Waals surface area contributed by atoms with E-state index in [1.165, 1.54) is 17.3 Å². The van der Waals surface area contributed by atoms with Gasteiger partial charge in [-0.05, 0) is 48.4 Å². The zero-order chi connectivity index (χ0) is 23.0. The second-order valence-corrected chi connectivity index (χ2v) is 8.76. The molecule has 3 aromatic rings. The molecule has 0 saturated carbocycles. The average molecular weight is 459 g/mol. The maximum atomic E-state index is 12.4. The highest BCUT2D eigenvalue weighted by Crippen LogP contribution is 2.27. The molecule has 1 amide bonds. The standard InChI is InChI=1S/C26H26N4O2S/c1-2-32-23-10-8-22(9-11-23)28-25(31)18-33-26-20(15-27)14-21-17-30(13-12-24(21)29-26)16-19-6-4-3-5-7-19/h3-11,14H,2,12-13,16-18H2,1H3,(H,28,31). The zero-order valence-electron chi connectivity index (χ0n) is 18.6. The van der Waals surface area contributed by atoms with Crippen molar-refractivity contribution in [3.8, 4) is 11.8 Å². The maximum absolute atomic E-state index is 12.4. The third-order valence-electron chi connectivity index (χ3n) is 5.37. The number of thioether (sulfide) groups is 1. The van der Waals surface area contributed by atoms with Crippen LogP contribution < -0.4 is 10.1 Å². The van der Waals surface area contributed by atoms with Crippen LogP contribution in [0.25, 0.3) is 0 Å². The number of hydrogen-bond donors (Lipinski definition) is 1. The summed E-state index contributed by atoms with van der Waals surface area (Å²) < 4.78 is 5.42. The van der Waals surface area contributed by atoms with Crippen LogP contribution in [-0.2, 0) is 24.3 Å². The van der Waals surface area contributed by atoms with Crippen LogP contribution in [0.15, 0.2) is 65.7 Å². The van der Waals surface area contributed by atoms with Crippen molar-refractivity contribution in [2.45, 2.75) is 31.5 Å². The lowest BCUT2D eigenvalue weighted by molar-refractivity contribution is -0.113. The van der Waals surface area contributed by atoms with Gasteiger partial charge in [-0.15, -0.1) is 0 Å². The van der Waals surface area contributed by atoms with E-state index in [1.54, 1.807) is 0 Å². The monoisotopic (exact) mass is 458 g/mol. The van der Waals surface area contributed by atoms with Crippen LogP contribution in [0.2, 0.25) is 0 Å². The first-order valence-electron chi connectivity index (χ1n) is 11.0. The summed E-state index contributed by atoms with van der Waals surface area (Å²) in [7, 11) is 0. The van der Waals surface area contributed by atoms with Gasteiger partial charge in [-0.2, -0.15) is 5.26 Å². The van der Waals surface area contributed by atoms with Crippen LogP contribution in [0.3, 0.4) is 0 Å². The Hall–Kier alpha value is -3.34. The van der Waals surface area contributed by atoms with Gasteiger partial charge < -0.3 is 10.1 Å². The second-order valence-electron chi connectivity index (χ2n) is 7.80. The predicted octanol–water partition coefficient (Wildman–Crippen LogP) is 4.64. The molecule has 0 unspecified atom stereocenters. The number of rotatable bonds is 8. The van der Waals surface area contributed by atoms with Crippen molar-refractivity contribution in [2.24, 2.45) is 0 Å². The first kappa shape index (κ1) is 22.8. The number of benzene rings is 2. The predicted molar refractivity (Wildman–Crippen MR) is 130 cm³/mol. The Morgan fingerprint density at radius 3 is 2.73 bits per heavy atom. The van der Waals surface area contributed by atoms with E-state index in [4.69, 9.17) is 9.72 Å². The third-order valence-corrected chi connectivity index (χ3v) is 6.36. The van der Waals surface area contributed by atoms with E-state index < -0.39 is 0 Å². The molecule has 1 N–H and O–H groups in total. The number of nitrogens with one attached hydrogen (secondary N) is 1. The summed E-state index contributed by atoms with van der Waals surface area (Å²) in [5.74, 6) is 0.819. The number of amides is 1. The molecule has 1 aromatic heterocycles. The Morgan fingerprint density at radius 1 is 1.21 bits per heavy atom. The molecule has 33 heavy (non-hydrogen) atoms.